The summed E-state index contributed by atoms with van der Waals surface area (Å²) >= 11 is 0. The molecule has 24 heavy (non-hydrogen) atoms. The van der Waals surface area contributed by atoms with Crippen LogP contribution in [0.5, 0.6) is 0 Å². The maximum absolute atomic E-state index is 12.5. The van der Waals surface area contributed by atoms with Crippen molar-refractivity contribution in [1.29, 1.82) is 0 Å². The number of benzene rings is 1. The monoisotopic (exact) mass is 347 g/mol. The van der Waals surface area contributed by atoms with E-state index in [1.54, 1.807) is 22.9 Å². The molecule has 1 saturated heterocycles. The smallest absolute Gasteiger partial charge is 0.274 e. The quantitative estimate of drug-likeness (QED) is 0.870. The van der Waals surface area contributed by atoms with E-state index in [9.17, 15) is 9.59 Å². The molecule has 1 aliphatic rings. The standard InChI is InChI=1S/C18H21N3O2.ClH/c1-13(15-10-19-11-15)17(22)20-16-8-5-9-21(18(16)23)12-14-6-3-2-4-7-14;/h2-9,13,15,19H,10-12H2,1H3,(H,20,22);1H. The number of nitrogens with one attached hydrogen (secondary N) is 2. The molecular weight excluding hydrogens is 326 g/mol. The Morgan fingerprint density at radius 2 is 1.96 bits per heavy atom. The molecule has 1 aliphatic heterocycles. The van der Waals surface area contributed by atoms with Gasteiger partial charge < -0.3 is 15.2 Å². The van der Waals surface area contributed by atoms with Crippen molar-refractivity contribution >= 4 is 24.0 Å². The fourth-order valence-corrected chi connectivity index (χ4v) is 2.66. The third-order valence-electron chi connectivity index (χ3n) is 4.41. The number of hydrogen-bond donors (Lipinski definition) is 2. The largest absolute Gasteiger partial charge is 0.321 e. The van der Waals surface area contributed by atoms with Crippen molar-refractivity contribution in [1.82, 2.24) is 9.88 Å². The lowest BCUT2D eigenvalue weighted by molar-refractivity contribution is -0.121. The Kier molecular flexibility index (Phi) is 6.17. The molecule has 1 unspecified atom stereocenters. The van der Waals surface area contributed by atoms with Gasteiger partial charge in [-0.15, -0.1) is 12.4 Å². The van der Waals surface area contributed by atoms with Gasteiger partial charge in [-0.1, -0.05) is 37.3 Å². The highest BCUT2D eigenvalue weighted by Crippen LogP contribution is 2.17. The maximum Gasteiger partial charge on any atom is 0.274 e. The van der Waals surface area contributed by atoms with Crippen molar-refractivity contribution in [3.05, 3.63) is 64.6 Å². The van der Waals surface area contributed by atoms with Crippen molar-refractivity contribution < 1.29 is 4.79 Å². The molecule has 5 nitrogen and oxygen atoms in total. The Hall–Kier alpha value is -2.11. The van der Waals surface area contributed by atoms with Gasteiger partial charge in [0, 0.05) is 12.1 Å². The molecule has 0 saturated carbocycles. The first-order valence-corrected chi connectivity index (χ1v) is 7.90. The number of pyridine rings is 1. The molecule has 2 heterocycles. The summed E-state index contributed by atoms with van der Waals surface area (Å²) in [5, 5.41) is 5.95. The molecule has 1 aromatic carbocycles. The summed E-state index contributed by atoms with van der Waals surface area (Å²) in [6.45, 7) is 4.13. The first-order valence-electron chi connectivity index (χ1n) is 7.90. The SMILES string of the molecule is CC(C(=O)Nc1cccn(Cc2ccccc2)c1=O)C1CNC1.Cl. The number of carbonyl (C=O) groups excluding carboxylic acids is 1. The van der Waals surface area contributed by atoms with Crippen LogP contribution in [0.15, 0.2) is 53.5 Å². The van der Waals surface area contributed by atoms with Crippen LogP contribution in [0.2, 0.25) is 0 Å². The van der Waals surface area contributed by atoms with Crippen LogP contribution in [0.4, 0.5) is 5.69 Å². The summed E-state index contributed by atoms with van der Waals surface area (Å²) in [5.41, 5.74) is 1.21. The van der Waals surface area contributed by atoms with Gasteiger partial charge in [-0.25, -0.2) is 0 Å². The third-order valence-corrected chi connectivity index (χ3v) is 4.41. The van der Waals surface area contributed by atoms with Crippen molar-refractivity contribution in [2.24, 2.45) is 11.8 Å². The fourth-order valence-electron chi connectivity index (χ4n) is 2.66. The molecule has 0 aliphatic carbocycles. The molecule has 0 bridgehead atoms. The van der Waals surface area contributed by atoms with Crippen LogP contribution in [-0.4, -0.2) is 23.6 Å². The van der Waals surface area contributed by atoms with E-state index in [0.29, 0.717) is 18.2 Å². The van der Waals surface area contributed by atoms with E-state index >= 15 is 0 Å². The van der Waals surface area contributed by atoms with Crippen LogP contribution in [0.25, 0.3) is 0 Å². The Morgan fingerprint density at radius 3 is 2.58 bits per heavy atom. The van der Waals surface area contributed by atoms with Crippen molar-refractivity contribution in [3.63, 3.8) is 0 Å². The minimum absolute atomic E-state index is 0. The molecule has 2 N–H and O–H groups in total. The molecule has 0 spiro atoms. The van der Waals surface area contributed by atoms with Gasteiger partial charge in [0.25, 0.3) is 5.56 Å². The van der Waals surface area contributed by atoms with Gasteiger partial charge in [0.2, 0.25) is 5.91 Å². The summed E-state index contributed by atoms with van der Waals surface area (Å²) in [5.74, 6) is 0.162. The number of amides is 1. The fraction of sp³-hybridized carbons (Fsp3) is 0.333. The van der Waals surface area contributed by atoms with Gasteiger partial charge in [0.15, 0.2) is 0 Å². The summed E-state index contributed by atoms with van der Waals surface area (Å²) in [7, 11) is 0. The number of hydrogen-bond acceptors (Lipinski definition) is 3. The lowest BCUT2D eigenvalue weighted by atomic mass is 9.88. The van der Waals surface area contributed by atoms with E-state index in [2.05, 4.69) is 10.6 Å². The highest BCUT2D eigenvalue weighted by atomic mass is 35.5. The zero-order valence-electron chi connectivity index (χ0n) is 13.6. The number of carbonyl (C=O) groups is 1. The number of nitrogens with zero attached hydrogens (tertiary/aromatic N) is 1. The third kappa shape index (κ3) is 4.04. The normalized spacial score (nSPS) is 15.0. The number of rotatable bonds is 5. The van der Waals surface area contributed by atoms with Gasteiger partial charge >= 0.3 is 0 Å². The van der Waals surface area contributed by atoms with Crippen LogP contribution in [0.3, 0.4) is 0 Å². The number of aromatic nitrogens is 1. The molecule has 3 rings (SSSR count). The second-order valence-corrected chi connectivity index (χ2v) is 6.04. The van der Waals surface area contributed by atoms with E-state index in [-0.39, 0.29) is 29.8 Å². The van der Waals surface area contributed by atoms with Gasteiger partial charge in [-0.05, 0) is 36.7 Å². The predicted molar refractivity (Wildman–Crippen MR) is 97.6 cm³/mol. The van der Waals surface area contributed by atoms with Crippen molar-refractivity contribution in [2.45, 2.75) is 13.5 Å². The van der Waals surface area contributed by atoms with Crippen LogP contribution < -0.4 is 16.2 Å². The molecule has 2 aromatic rings. The molecule has 0 radical (unpaired) electrons. The highest BCUT2D eigenvalue weighted by Gasteiger charge is 2.29. The molecule has 128 valence electrons. The predicted octanol–water partition coefficient (Wildman–Crippen LogP) is 2.11. The van der Waals surface area contributed by atoms with E-state index in [0.717, 1.165) is 18.7 Å². The molecule has 1 fully saturated rings. The van der Waals surface area contributed by atoms with Crippen LogP contribution in [0.1, 0.15) is 12.5 Å². The van der Waals surface area contributed by atoms with E-state index in [1.165, 1.54) is 0 Å². The molecule has 6 heteroatoms. The first-order chi connectivity index (χ1) is 11.1. The number of anilines is 1. The van der Waals surface area contributed by atoms with Crippen LogP contribution >= 0.6 is 12.4 Å². The molecule has 1 aromatic heterocycles. The van der Waals surface area contributed by atoms with Crippen LogP contribution in [-0.2, 0) is 11.3 Å². The Bertz CT molecular complexity index is 741. The van der Waals surface area contributed by atoms with Crippen LogP contribution in [0, 0.1) is 11.8 Å². The summed E-state index contributed by atoms with van der Waals surface area (Å²) in [4.78, 5) is 24.8. The van der Waals surface area contributed by atoms with E-state index < -0.39 is 0 Å². The molecule has 1 amide bonds. The first kappa shape index (κ1) is 18.2. The summed E-state index contributed by atoms with van der Waals surface area (Å²) in [6, 6.07) is 13.2. The second-order valence-electron chi connectivity index (χ2n) is 6.04. The molecule has 1 atom stereocenters. The zero-order chi connectivity index (χ0) is 16.2. The van der Waals surface area contributed by atoms with Crippen molar-refractivity contribution in [2.75, 3.05) is 18.4 Å². The van der Waals surface area contributed by atoms with E-state index in [4.69, 9.17) is 0 Å². The Labute approximate surface area is 147 Å². The number of halogens is 1. The van der Waals surface area contributed by atoms with Gasteiger partial charge in [0.05, 0.1) is 6.54 Å². The minimum Gasteiger partial charge on any atom is -0.321 e. The summed E-state index contributed by atoms with van der Waals surface area (Å²) in [6.07, 6.45) is 1.74. The topological polar surface area (TPSA) is 63.1 Å². The van der Waals surface area contributed by atoms with Gasteiger partial charge in [-0.3, -0.25) is 9.59 Å². The maximum atomic E-state index is 12.5. The lowest BCUT2D eigenvalue weighted by Gasteiger charge is -2.31. The zero-order valence-corrected chi connectivity index (χ0v) is 14.4. The highest BCUT2D eigenvalue weighted by molar-refractivity contribution is 5.92. The van der Waals surface area contributed by atoms with Gasteiger partial charge in [0.1, 0.15) is 5.69 Å². The van der Waals surface area contributed by atoms with Gasteiger partial charge in [-0.2, -0.15) is 0 Å². The average Bonchev–Trinajstić information content (AvgIpc) is 2.50. The minimum atomic E-state index is -0.177. The second kappa shape index (κ2) is 8.13. The Morgan fingerprint density at radius 1 is 1.25 bits per heavy atom. The van der Waals surface area contributed by atoms with E-state index in [1.807, 2.05) is 37.3 Å². The van der Waals surface area contributed by atoms with Crippen molar-refractivity contribution in [3.8, 4) is 0 Å². The molecular formula is C18H22ClN3O2. The summed E-state index contributed by atoms with van der Waals surface area (Å²) < 4.78 is 1.61. The average molecular weight is 348 g/mol. The Balaban J connectivity index is 0.00000208. The lowest BCUT2D eigenvalue weighted by Crippen LogP contribution is -2.48.